The Morgan fingerprint density at radius 3 is 2.95 bits per heavy atom. The number of carboxylic acid groups (broad SMARTS) is 1. The zero-order chi connectivity index (χ0) is 14.1. The molecule has 0 aliphatic heterocycles. The molecule has 5 nitrogen and oxygen atoms in total. The maximum absolute atomic E-state index is 10.9. The van der Waals surface area contributed by atoms with Crippen molar-refractivity contribution in [3.8, 4) is 0 Å². The van der Waals surface area contributed by atoms with Gasteiger partial charge in [-0.15, -0.1) is 0 Å². The van der Waals surface area contributed by atoms with Gasteiger partial charge in [0.1, 0.15) is 0 Å². The van der Waals surface area contributed by atoms with Crippen molar-refractivity contribution in [1.29, 1.82) is 0 Å². The van der Waals surface area contributed by atoms with E-state index in [1.165, 1.54) is 17.8 Å². The van der Waals surface area contributed by atoms with Crippen LogP contribution in [0.3, 0.4) is 0 Å². The summed E-state index contributed by atoms with van der Waals surface area (Å²) in [6.45, 7) is 2.49. The Labute approximate surface area is 115 Å². The zero-order valence-corrected chi connectivity index (χ0v) is 10.9. The van der Waals surface area contributed by atoms with Crippen molar-refractivity contribution >= 4 is 16.9 Å². The molecule has 1 N–H and O–H groups in total. The summed E-state index contributed by atoms with van der Waals surface area (Å²) in [7, 11) is 0. The van der Waals surface area contributed by atoms with Crippen LogP contribution >= 0.6 is 0 Å². The molecule has 0 aliphatic rings. The number of aromatic carboxylic acids is 1. The fourth-order valence-electron chi connectivity index (χ4n) is 2.14. The normalized spacial score (nSPS) is 10.8. The van der Waals surface area contributed by atoms with Gasteiger partial charge in [0.05, 0.1) is 23.3 Å². The minimum atomic E-state index is -0.949. The quantitative estimate of drug-likeness (QED) is 0.791. The second kappa shape index (κ2) is 4.77. The van der Waals surface area contributed by atoms with Crippen molar-refractivity contribution in [2.75, 3.05) is 0 Å². The van der Waals surface area contributed by atoms with Gasteiger partial charge in [-0.2, -0.15) is 5.10 Å². The van der Waals surface area contributed by atoms with Gasteiger partial charge in [0.25, 0.3) is 0 Å². The fraction of sp³-hybridized carbons (Fsp3) is 0.133. The molecular weight excluding hydrogens is 254 g/mol. The summed E-state index contributed by atoms with van der Waals surface area (Å²) in [5.74, 6) is -0.949. The first-order valence-electron chi connectivity index (χ1n) is 6.24. The number of aryl methyl sites for hydroxylation is 1. The average Bonchev–Trinajstić information content (AvgIpc) is 2.80. The lowest BCUT2D eigenvalue weighted by atomic mass is 10.2. The van der Waals surface area contributed by atoms with E-state index in [1.54, 1.807) is 10.7 Å². The number of aromatic nitrogens is 3. The molecule has 0 atom stereocenters. The van der Waals surface area contributed by atoms with Gasteiger partial charge in [0.2, 0.25) is 0 Å². The molecule has 0 unspecified atom stereocenters. The maximum Gasteiger partial charge on any atom is 0.335 e. The lowest BCUT2D eigenvalue weighted by Gasteiger charge is -2.01. The summed E-state index contributed by atoms with van der Waals surface area (Å²) in [5, 5.41) is 14.5. The van der Waals surface area contributed by atoms with Gasteiger partial charge in [0.15, 0.2) is 0 Å². The van der Waals surface area contributed by atoms with E-state index < -0.39 is 5.97 Å². The maximum atomic E-state index is 10.9. The van der Waals surface area contributed by atoms with Crippen LogP contribution in [0.4, 0.5) is 0 Å². The first kappa shape index (κ1) is 12.3. The minimum absolute atomic E-state index is 0.238. The lowest BCUT2D eigenvalue weighted by molar-refractivity contribution is 0.0696. The van der Waals surface area contributed by atoms with E-state index in [4.69, 9.17) is 5.11 Å². The second-order valence-corrected chi connectivity index (χ2v) is 4.73. The SMILES string of the molecule is Cc1ccc2nn(Cc3cc(C(=O)O)ccn3)cc2c1. The fourth-order valence-corrected chi connectivity index (χ4v) is 2.14. The van der Waals surface area contributed by atoms with Gasteiger partial charge in [0, 0.05) is 17.8 Å². The molecular formula is C15H13N3O2. The molecule has 5 heteroatoms. The van der Waals surface area contributed by atoms with Crippen LogP contribution in [0.1, 0.15) is 21.6 Å². The van der Waals surface area contributed by atoms with Crippen LogP contribution in [0.5, 0.6) is 0 Å². The van der Waals surface area contributed by atoms with Crippen LogP contribution in [0.2, 0.25) is 0 Å². The Kier molecular flexibility index (Phi) is 2.95. The summed E-state index contributed by atoms with van der Waals surface area (Å²) >= 11 is 0. The topological polar surface area (TPSA) is 68.0 Å². The molecule has 1 aromatic carbocycles. The monoisotopic (exact) mass is 267 g/mol. The van der Waals surface area contributed by atoms with Gasteiger partial charge in [-0.25, -0.2) is 4.79 Å². The predicted octanol–water partition coefficient (Wildman–Crippen LogP) is 2.49. The number of benzene rings is 1. The van der Waals surface area contributed by atoms with Crippen LogP contribution in [0.15, 0.2) is 42.7 Å². The molecule has 0 bridgehead atoms. The van der Waals surface area contributed by atoms with E-state index in [1.807, 2.05) is 25.3 Å². The van der Waals surface area contributed by atoms with Crippen LogP contribution in [-0.2, 0) is 6.54 Å². The third-order valence-electron chi connectivity index (χ3n) is 3.09. The van der Waals surface area contributed by atoms with Gasteiger partial charge in [-0.05, 0) is 31.2 Å². The zero-order valence-electron chi connectivity index (χ0n) is 10.9. The van der Waals surface area contributed by atoms with Gasteiger partial charge < -0.3 is 5.11 Å². The van der Waals surface area contributed by atoms with Crippen LogP contribution < -0.4 is 0 Å². The first-order valence-corrected chi connectivity index (χ1v) is 6.24. The molecule has 0 amide bonds. The smallest absolute Gasteiger partial charge is 0.335 e. The van der Waals surface area contributed by atoms with E-state index in [9.17, 15) is 4.79 Å². The molecule has 2 heterocycles. The number of carboxylic acids is 1. The molecule has 0 saturated heterocycles. The Morgan fingerprint density at radius 1 is 1.30 bits per heavy atom. The largest absolute Gasteiger partial charge is 0.478 e. The van der Waals surface area contributed by atoms with Gasteiger partial charge in [-0.3, -0.25) is 9.67 Å². The van der Waals surface area contributed by atoms with Crippen LogP contribution in [-0.4, -0.2) is 25.8 Å². The van der Waals surface area contributed by atoms with E-state index in [0.29, 0.717) is 12.2 Å². The van der Waals surface area contributed by atoms with E-state index in [-0.39, 0.29) is 5.56 Å². The molecule has 20 heavy (non-hydrogen) atoms. The van der Waals surface area contributed by atoms with Crippen molar-refractivity contribution < 1.29 is 9.90 Å². The standard InChI is InChI=1S/C15H13N3O2/c1-10-2-3-14-12(6-10)8-18(17-14)9-13-7-11(15(19)20)4-5-16-13/h2-8H,9H2,1H3,(H,19,20). The highest BCUT2D eigenvalue weighted by Gasteiger charge is 2.06. The van der Waals surface area contributed by atoms with E-state index in [2.05, 4.69) is 16.1 Å². The van der Waals surface area contributed by atoms with Crippen molar-refractivity contribution in [2.24, 2.45) is 0 Å². The van der Waals surface area contributed by atoms with Crippen molar-refractivity contribution in [2.45, 2.75) is 13.5 Å². The lowest BCUT2D eigenvalue weighted by Crippen LogP contribution is -2.04. The summed E-state index contributed by atoms with van der Waals surface area (Å²) < 4.78 is 1.78. The number of rotatable bonds is 3. The molecule has 0 spiro atoms. The van der Waals surface area contributed by atoms with Crippen molar-refractivity contribution in [1.82, 2.24) is 14.8 Å². The molecule has 0 saturated carbocycles. The molecule has 100 valence electrons. The van der Waals surface area contributed by atoms with Crippen LogP contribution in [0, 0.1) is 6.92 Å². The Balaban J connectivity index is 1.92. The highest BCUT2D eigenvalue weighted by atomic mass is 16.4. The Morgan fingerprint density at radius 2 is 2.15 bits per heavy atom. The summed E-state index contributed by atoms with van der Waals surface area (Å²) in [6, 6.07) is 9.11. The molecule has 0 fully saturated rings. The van der Waals surface area contributed by atoms with Crippen molar-refractivity contribution in [3.63, 3.8) is 0 Å². The molecule has 3 rings (SSSR count). The van der Waals surface area contributed by atoms with E-state index >= 15 is 0 Å². The number of fused-ring (bicyclic) bond motifs is 1. The number of hydrogen-bond acceptors (Lipinski definition) is 3. The second-order valence-electron chi connectivity index (χ2n) is 4.73. The summed E-state index contributed by atoms with van der Waals surface area (Å²) in [6.07, 6.45) is 3.45. The highest BCUT2D eigenvalue weighted by Crippen LogP contribution is 2.14. The summed E-state index contributed by atoms with van der Waals surface area (Å²) in [4.78, 5) is 15.1. The Hall–Kier alpha value is -2.69. The third kappa shape index (κ3) is 2.38. The van der Waals surface area contributed by atoms with Gasteiger partial charge >= 0.3 is 5.97 Å². The molecule has 0 radical (unpaired) electrons. The minimum Gasteiger partial charge on any atom is -0.478 e. The van der Waals surface area contributed by atoms with E-state index in [0.717, 1.165) is 10.9 Å². The number of carbonyl (C=O) groups is 1. The van der Waals surface area contributed by atoms with Gasteiger partial charge in [-0.1, -0.05) is 11.6 Å². The molecule has 0 aliphatic carbocycles. The first-order chi connectivity index (χ1) is 9.61. The molecule has 3 aromatic rings. The average molecular weight is 267 g/mol. The highest BCUT2D eigenvalue weighted by molar-refractivity contribution is 5.87. The summed E-state index contributed by atoms with van der Waals surface area (Å²) in [5.41, 5.74) is 3.02. The molecule has 2 aromatic heterocycles. The number of pyridine rings is 1. The number of hydrogen-bond donors (Lipinski definition) is 1. The van der Waals surface area contributed by atoms with Crippen LogP contribution in [0.25, 0.3) is 10.9 Å². The number of nitrogens with zero attached hydrogens (tertiary/aromatic N) is 3. The predicted molar refractivity (Wildman–Crippen MR) is 74.8 cm³/mol. The van der Waals surface area contributed by atoms with Crippen molar-refractivity contribution in [3.05, 3.63) is 59.5 Å². The Bertz CT molecular complexity index is 793. The third-order valence-corrected chi connectivity index (χ3v) is 3.09.